The van der Waals surface area contributed by atoms with E-state index in [4.69, 9.17) is 4.42 Å². The lowest BCUT2D eigenvalue weighted by atomic mass is 10.1. The number of aromatic nitrogens is 2. The lowest BCUT2D eigenvalue weighted by Gasteiger charge is -2.13. The molecule has 3 rings (SSSR count). The van der Waals surface area contributed by atoms with Crippen molar-refractivity contribution in [3.63, 3.8) is 0 Å². The zero-order valence-electron chi connectivity index (χ0n) is 13.5. The van der Waals surface area contributed by atoms with Gasteiger partial charge in [0.25, 0.3) is 0 Å². The van der Waals surface area contributed by atoms with Gasteiger partial charge in [-0.3, -0.25) is 9.78 Å². The molecule has 3 aromatic rings. The van der Waals surface area contributed by atoms with Crippen molar-refractivity contribution in [1.29, 1.82) is 0 Å². The first-order valence-corrected chi connectivity index (χ1v) is 7.92. The maximum atomic E-state index is 12.1. The monoisotopic (exact) mass is 321 g/mol. The zero-order chi connectivity index (χ0) is 16.8. The highest BCUT2D eigenvalue weighted by molar-refractivity contribution is 5.76. The predicted octanol–water partition coefficient (Wildman–Crippen LogP) is 3.55. The summed E-state index contributed by atoms with van der Waals surface area (Å²) >= 11 is 0. The Morgan fingerprint density at radius 3 is 2.67 bits per heavy atom. The average Bonchev–Trinajstić information content (AvgIpc) is 3.10. The van der Waals surface area contributed by atoms with Crippen molar-refractivity contribution in [2.24, 2.45) is 0 Å². The topological polar surface area (TPSA) is 68.0 Å². The number of oxazole rings is 1. The lowest BCUT2D eigenvalue weighted by Crippen LogP contribution is -2.26. The standard InChI is InChI=1S/C19H19N3O2/c1-14(15-9-11-20-12-10-15)22-18(23)7-8-19-21-13-17(24-19)16-5-3-2-4-6-16/h2-6,9-14H,7-8H2,1H3,(H,22,23). The molecule has 2 aromatic heterocycles. The van der Waals surface area contributed by atoms with Crippen molar-refractivity contribution in [1.82, 2.24) is 15.3 Å². The van der Waals surface area contributed by atoms with Crippen LogP contribution in [-0.4, -0.2) is 15.9 Å². The Morgan fingerprint density at radius 2 is 1.92 bits per heavy atom. The van der Waals surface area contributed by atoms with Gasteiger partial charge in [0.15, 0.2) is 11.7 Å². The average molecular weight is 321 g/mol. The van der Waals surface area contributed by atoms with Crippen LogP contribution in [-0.2, 0) is 11.2 Å². The molecule has 1 unspecified atom stereocenters. The predicted molar refractivity (Wildman–Crippen MR) is 91.1 cm³/mol. The molecule has 0 aliphatic heterocycles. The van der Waals surface area contributed by atoms with Gasteiger partial charge in [-0.2, -0.15) is 0 Å². The van der Waals surface area contributed by atoms with Crippen LogP contribution in [0.2, 0.25) is 0 Å². The summed E-state index contributed by atoms with van der Waals surface area (Å²) in [5, 5.41) is 2.97. The van der Waals surface area contributed by atoms with Crippen LogP contribution in [0.1, 0.15) is 30.8 Å². The number of nitrogens with one attached hydrogen (secondary N) is 1. The summed E-state index contributed by atoms with van der Waals surface area (Å²) in [5.74, 6) is 1.26. The number of amides is 1. The fourth-order valence-electron chi connectivity index (χ4n) is 2.43. The Hall–Kier alpha value is -2.95. The van der Waals surface area contributed by atoms with E-state index in [1.165, 1.54) is 0 Å². The second-order valence-corrected chi connectivity index (χ2v) is 5.55. The van der Waals surface area contributed by atoms with Crippen LogP contribution in [0, 0.1) is 0 Å². The first-order valence-electron chi connectivity index (χ1n) is 7.92. The first-order chi connectivity index (χ1) is 11.7. The molecule has 0 radical (unpaired) electrons. The highest BCUT2D eigenvalue weighted by atomic mass is 16.4. The molecule has 24 heavy (non-hydrogen) atoms. The minimum absolute atomic E-state index is 0.0289. The lowest BCUT2D eigenvalue weighted by molar-refractivity contribution is -0.121. The van der Waals surface area contributed by atoms with Crippen LogP contribution in [0.25, 0.3) is 11.3 Å². The third-order valence-electron chi connectivity index (χ3n) is 3.76. The normalized spacial score (nSPS) is 11.9. The van der Waals surface area contributed by atoms with Crippen molar-refractivity contribution < 1.29 is 9.21 Å². The molecule has 1 atom stereocenters. The Bertz CT molecular complexity index is 785. The summed E-state index contributed by atoms with van der Waals surface area (Å²) in [5.41, 5.74) is 2.01. The molecule has 5 nitrogen and oxygen atoms in total. The smallest absolute Gasteiger partial charge is 0.220 e. The largest absolute Gasteiger partial charge is 0.441 e. The van der Waals surface area contributed by atoms with E-state index in [0.29, 0.717) is 18.7 Å². The third kappa shape index (κ3) is 4.07. The van der Waals surface area contributed by atoms with E-state index in [1.54, 1.807) is 18.6 Å². The quantitative estimate of drug-likeness (QED) is 0.754. The van der Waals surface area contributed by atoms with Gasteiger partial charge in [-0.1, -0.05) is 30.3 Å². The number of pyridine rings is 1. The van der Waals surface area contributed by atoms with Crippen molar-refractivity contribution in [2.75, 3.05) is 0 Å². The number of benzene rings is 1. The molecule has 1 N–H and O–H groups in total. The molecular formula is C19H19N3O2. The Kier molecular flexibility index (Phi) is 5.01. The molecular weight excluding hydrogens is 302 g/mol. The first kappa shape index (κ1) is 15.9. The second kappa shape index (κ2) is 7.55. The maximum Gasteiger partial charge on any atom is 0.220 e. The Labute approximate surface area is 140 Å². The van der Waals surface area contributed by atoms with Crippen LogP contribution < -0.4 is 5.32 Å². The van der Waals surface area contributed by atoms with E-state index < -0.39 is 0 Å². The van der Waals surface area contributed by atoms with E-state index >= 15 is 0 Å². The second-order valence-electron chi connectivity index (χ2n) is 5.55. The van der Waals surface area contributed by atoms with E-state index in [9.17, 15) is 4.79 Å². The van der Waals surface area contributed by atoms with Gasteiger partial charge in [0.2, 0.25) is 5.91 Å². The van der Waals surface area contributed by atoms with Crippen LogP contribution in [0.15, 0.2) is 65.5 Å². The molecule has 0 saturated heterocycles. The summed E-state index contributed by atoms with van der Waals surface area (Å²) < 4.78 is 5.71. The van der Waals surface area contributed by atoms with Crippen molar-refractivity contribution >= 4 is 5.91 Å². The molecule has 0 spiro atoms. The molecule has 0 bridgehead atoms. The van der Waals surface area contributed by atoms with Gasteiger partial charge in [-0.25, -0.2) is 4.98 Å². The number of hydrogen-bond donors (Lipinski definition) is 1. The fourth-order valence-corrected chi connectivity index (χ4v) is 2.43. The Balaban J connectivity index is 1.53. The molecule has 122 valence electrons. The van der Waals surface area contributed by atoms with Crippen LogP contribution >= 0.6 is 0 Å². The maximum absolute atomic E-state index is 12.1. The van der Waals surface area contributed by atoms with Gasteiger partial charge in [-0.15, -0.1) is 0 Å². The number of hydrogen-bond acceptors (Lipinski definition) is 4. The number of carbonyl (C=O) groups is 1. The van der Waals surface area contributed by atoms with E-state index in [2.05, 4.69) is 15.3 Å². The number of aryl methyl sites for hydroxylation is 1. The van der Waals surface area contributed by atoms with E-state index in [1.807, 2.05) is 49.4 Å². The molecule has 2 heterocycles. The molecule has 0 saturated carbocycles. The van der Waals surface area contributed by atoms with Gasteiger partial charge in [0.1, 0.15) is 0 Å². The summed E-state index contributed by atoms with van der Waals surface area (Å²) in [6.07, 6.45) is 5.94. The summed E-state index contributed by atoms with van der Waals surface area (Å²) in [7, 11) is 0. The van der Waals surface area contributed by atoms with E-state index in [0.717, 1.165) is 16.9 Å². The minimum atomic E-state index is -0.0510. The SMILES string of the molecule is CC(NC(=O)CCc1ncc(-c2ccccc2)o1)c1ccncc1. The van der Waals surface area contributed by atoms with Crippen molar-refractivity contribution in [3.05, 3.63) is 72.5 Å². The zero-order valence-corrected chi connectivity index (χ0v) is 13.5. The number of nitrogens with zero attached hydrogens (tertiary/aromatic N) is 2. The van der Waals surface area contributed by atoms with Crippen LogP contribution in [0.5, 0.6) is 0 Å². The van der Waals surface area contributed by atoms with Crippen molar-refractivity contribution in [3.8, 4) is 11.3 Å². The highest BCUT2D eigenvalue weighted by Gasteiger charge is 2.12. The minimum Gasteiger partial charge on any atom is -0.441 e. The van der Waals surface area contributed by atoms with Gasteiger partial charge in [0.05, 0.1) is 12.2 Å². The van der Waals surface area contributed by atoms with E-state index in [-0.39, 0.29) is 11.9 Å². The molecule has 0 aliphatic carbocycles. The molecule has 5 heteroatoms. The highest BCUT2D eigenvalue weighted by Crippen LogP contribution is 2.20. The summed E-state index contributed by atoms with van der Waals surface area (Å²) in [6.45, 7) is 1.95. The summed E-state index contributed by atoms with van der Waals surface area (Å²) in [4.78, 5) is 20.3. The molecule has 1 aromatic carbocycles. The number of rotatable bonds is 6. The van der Waals surface area contributed by atoms with Gasteiger partial charge in [0, 0.05) is 30.8 Å². The van der Waals surface area contributed by atoms with Crippen molar-refractivity contribution in [2.45, 2.75) is 25.8 Å². The molecule has 1 amide bonds. The van der Waals surface area contributed by atoms with Crippen LogP contribution in [0.4, 0.5) is 0 Å². The Morgan fingerprint density at radius 1 is 1.17 bits per heavy atom. The third-order valence-corrected chi connectivity index (χ3v) is 3.76. The number of carbonyl (C=O) groups excluding carboxylic acids is 1. The van der Waals surface area contributed by atoms with Crippen LogP contribution in [0.3, 0.4) is 0 Å². The van der Waals surface area contributed by atoms with Gasteiger partial charge >= 0.3 is 0 Å². The summed E-state index contributed by atoms with van der Waals surface area (Å²) in [6, 6.07) is 13.5. The molecule has 0 aliphatic rings. The fraction of sp³-hybridized carbons (Fsp3) is 0.211. The van der Waals surface area contributed by atoms with Gasteiger partial charge < -0.3 is 9.73 Å². The van der Waals surface area contributed by atoms with Gasteiger partial charge in [-0.05, 0) is 24.6 Å². The molecule has 0 fully saturated rings.